The summed E-state index contributed by atoms with van der Waals surface area (Å²) in [6, 6.07) is -0.992. The highest BCUT2D eigenvalue weighted by Crippen LogP contribution is 2.13. The van der Waals surface area contributed by atoms with E-state index in [9.17, 15) is 25.2 Å². The Morgan fingerprint density at radius 1 is 0.649 bits per heavy atom. The van der Waals surface area contributed by atoms with Crippen molar-refractivity contribution in [2.45, 2.75) is 173 Å². The van der Waals surface area contributed by atoms with E-state index in [-0.39, 0.29) is 0 Å². The number of carbonyl (C=O) groups is 1. The van der Waals surface area contributed by atoms with Gasteiger partial charge in [0.15, 0.2) is 0 Å². The summed E-state index contributed by atoms with van der Waals surface area (Å²) in [6.07, 6.45) is 23.8. The van der Waals surface area contributed by atoms with Gasteiger partial charge in [0.1, 0.15) is 12.2 Å². The van der Waals surface area contributed by atoms with Crippen molar-refractivity contribution in [3.05, 3.63) is 12.2 Å². The molecule has 0 aromatic carbocycles. The van der Waals surface area contributed by atoms with Gasteiger partial charge in [-0.15, -0.1) is 0 Å². The van der Waals surface area contributed by atoms with E-state index in [1.54, 1.807) is 0 Å². The van der Waals surface area contributed by atoms with Crippen molar-refractivity contribution in [3.8, 4) is 0 Å². The molecule has 0 radical (unpaired) electrons. The number of rotatable bonds is 27. The molecule has 220 valence electrons. The predicted octanol–water partition coefficient (Wildman–Crippen LogP) is 6.33. The fraction of sp³-hybridized carbons (Fsp3) is 0.903. The van der Waals surface area contributed by atoms with Crippen LogP contribution < -0.4 is 5.32 Å². The minimum atomic E-state index is -1.27. The van der Waals surface area contributed by atoms with Gasteiger partial charge >= 0.3 is 0 Å². The van der Waals surface area contributed by atoms with Crippen LogP contribution >= 0.6 is 0 Å². The van der Waals surface area contributed by atoms with Crippen LogP contribution in [-0.2, 0) is 4.79 Å². The van der Waals surface area contributed by atoms with Crippen LogP contribution in [0.3, 0.4) is 0 Å². The maximum absolute atomic E-state index is 12.3. The number of nitrogens with one attached hydrogen (secondary N) is 1. The lowest BCUT2D eigenvalue weighted by molar-refractivity contribution is -0.132. The minimum Gasteiger partial charge on any atom is -0.394 e. The molecule has 0 fully saturated rings. The molecule has 0 saturated carbocycles. The Labute approximate surface area is 228 Å². The quantitative estimate of drug-likeness (QED) is 0.0633. The fourth-order valence-electron chi connectivity index (χ4n) is 4.64. The molecule has 1 amide bonds. The van der Waals surface area contributed by atoms with Crippen molar-refractivity contribution in [3.63, 3.8) is 0 Å². The SMILES string of the molecule is CCCCCCCCCC/C=C/CCCC(O)C(O)C(CO)NC(=O)C(O)CCCCCCCCCC. The molecule has 0 bridgehead atoms. The molecule has 4 atom stereocenters. The standard InChI is InChI=1S/C31H61NO5/c1-3-5-7-9-11-13-14-15-16-17-19-20-22-24-28(34)30(36)27(26-33)32-31(37)29(35)25-23-21-18-12-10-8-6-4-2/h17,19,27-30,33-36H,3-16,18,20-26H2,1-2H3,(H,32,37)/b19-17+. The van der Waals surface area contributed by atoms with Crippen LogP contribution in [0.4, 0.5) is 0 Å². The number of unbranched alkanes of at least 4 members (excludes halogenated alkanes) is 16. The number of hydrogen-bond donors (Lipinski definition) is 5. The third-order valence-electron chi connectivity index (χ3n) is 7.23. The summed E-state index contributed by atoms with van der Waals surface area (Å²) in [6.45, 7) is 3.95. The fourth-order valence-corrected chi connectivity index (χ4v) is 4.64. The first kappa shape index (κ1) is 36.0. The highest BCUT2D eigenvalue weighted by Gasteiger charge is 2.28. The van der Waals surface area contributed by atoms with E-state index in [0.717, 1.165) is 38.5 Å². The van der Waals surface area contributed by atoms with Crippen molar-refractivity contribution in [1.82, 2.24) is 5.32 Å². The third-order valence-corrected chi connectivity index (χ3v) is 7.23. The Hall–Kier alpha value is -0.950. The second kappa shape index (κ2) is 26.6. The maximum Gasteiger partial charge on any atom is 0.249 e. The van der Waals surface area contributed by atoms with Crippen molar-refractivity contribution >= 4 is 5.91 Å². The second-order valence-electron chi connectivity index (χ2n) is 10.8. The number of hydrogen-bond acceptors (Lipinski definition) is 5. The van der Waals surface area contributed by atoms with E-state index in [2.05, 4.69) is 31.3 Å². The maximum atomic E-state index is 12.3. The average molecular weight is 528 g/mol. The van der Waals surface area contributed by atoms with Crippen LogP contribution in [0.1, 0.15) is 149 Å². The summed E-state index contributed by atoms with van der Waals surface area (Å²) in [5, 5.41) is 43.0. The largest absolute Gasteiger partial charge is 0.394 e. The van der Waals surface area contributed by atoms with Gasteiger partial charge in [0, 0.05) is 0 Å². The summed E-state index contributed by atoms with van der Waals surface area (Å²) < 4.78 is 0. The molecule has 0 aromatic heterocycles. The van der Waals surface area contributed by atoms with Crippen LogP contribution in [0.2, 0.25) is 0 Å². The topological polar surface area (TPSA) is 110 Å². The molecule has 37 heavy (non-hydrogen) atoms. The van der Waals surface area contributed by atoms with E-state index < -0.39 is 36.9 Å². The molecule has 6 nitrogen and oxygen atoms in total. The monoisotopic (exact) mass is 527 g/mol. The zero-order chi connectivity index (χ0) is 27.6. The van der Waals surface area contributed by atoms with Crippen LogP contribution in [-0.4, -0.2) is 57.3 Å². The van der Waals surface area contributed by atoms with Gasteiger partial charge in [-0.25, -0.2) is 0 Å². The number of aliphatic hydroxyl groups excluding tert-OH is 4. The first-order valence-electron chi connectivity index (χ1n) is 15.6. The van der Waals surface area contributed by atoms with E-state index in [4.69, 9.17) is 0 Å². The third kappa shape index (κ3) is 21.7. The molecule has 0 heterocycles. The first-order chi connectivity index (χ1) is 18.0. The number of amides is 1. The van der Waals surface area contributed by atoms with Gasteiger partial charge in [0.2, 0.25) is 5.91 Å². The number of allylic oxidation sites excluding steroid dienone is 2. The highest BCUT2D eigenvalue weighted by atomic mass is 16.3. The Balaban J connectivity index is 3.95. The predicted molar refractivity (Wildman–Crippen MR) is 154 cm³/mol. The highest BCUT2D eigenvalue weighted by molar-refractivity contribution is 5.80. The van der Waals surface area contributed by atoms with E-state index in [0.29, 0.717) is 12.8 Å². The second-order valence-corrected chi connectivity index (χ2v) is 10.8. The number of carbonyl (C=O) groups excluding carboxylic acids is 1. The molecule has 0 aliphatic rings. The van der Waals surface area contributed by atoms with Crippen LogP contribution in [0.15, 0.2) is 12.2 Å². The summed E-state index contributed by atoms with van der Waals surface area (Å²) in [7, 11) is 0. The molecular weight excluding hydrogens is 466 g/mol. The van der Waals surface area contributed by atoms with Crippen molar-refractivity contribution in [2.24, 2.45) is 0 Å². The van der Waals surface area contributed by atoms with Gasteiger partial charge < -0.3 is 25.7 Å². The molecule has 0 saturated heterocycles. The van der Waals surface area contributed by atoms with E-state index >= 15 is 0 Å². The van der Waals surface area contributed by atoms with Gasteiger partial charge in [-0.1, -0.05) is 122 Å². The lowest BCUT2D eigenvalue weighted by atomic mass is 10.00. The lowest BCUT2D eigenvalue weighted by Gasteiger charge is -2.27. The van der Waals surface area contributed by atoms with Gasteiger partial charge in [-0.3, -0.25) is 4.79 Å². The van der Waals surface area contributed by atoms with Crippen LogP contribution in [0.25, 0.3) is 0 Å². The normalized spacial score (nSPS) is 15.1. The Kier molecular flexibility index (Phi) is 26.0. The van der Waals surface area contributed by atoms with Gasteiger partial charge in [-0.05, 0) is 38.5 Å². The lowest BCUT2D eigenvalue weighted by Crippen LogP contribution is -2.53. The summed E-state index contributed by atoms with van der Waals surface area (Å²) in [5.74, 6) is -0.600. The van der Waals surface area contributed by atoms with Crippen LogP contribution in [0, 0.1) is 0 Å². The van der Waals surface area contributed by atoms with Gasteiger partial charge in [-0.2, -0.15) is 0 Å². The Bertz CT molecular complexity index is 528. The first-order valence-corrected chi connectivity index (χ1v) is 15.6. The Morgan fingerprint density at radius 3 is 1.62 bits per heavy atom. The molecule has 0 spiro atoms. The molecule has 4 unspecified atom stereocenters. The van der Waals surface area contributed by atoms with Gasteiger partial charge in [0.25, 0.3) is 0 Å². The molecule has 5 N–H and O–H groups in total. The van der Waals surface area contributed by atoms with Crippen molar-refractivity contribution in [2.75, 3.05) is 6.61 Å². The summed E-state index contributed by atoms with van der Waals surface area (Å²) in [4.78, 5) is 12.3. The van der Waals surface area contributed by atoms with E-state index in [1.165, 1.54) is 83.5 Å². The zero-order valence-electron chi connectivity index (χ0n) is 24.2. The summed E-state index contributed by atoms with van der Waals surface area (Å²) >= 11 is 0. The molecule has 0 aliphatic heterocycles. The molecule has 0 aliphatic carbocycles. The molecular formula is C31H61NO5. The van der Waals surface area contributed by atoms with E-state index in [1.807, 2.05) is 0 Å². The van der Waals surface area contributed by atoms with Crippen molar-refractivity contribution in [1.29, 1.82) is 0 Å². The number of aliphatic hydroxyl groups is 4. The van der Waals surface area contributed by atoms with Crippen LogP contribution in [0.5, 0.6) is 0 Å². The molecule has 6 heteroatoms. The average Bonchev–Trinajstić information content (AvgIpc) is 2.90. The molecule has 0 rings (SSSR count). The minimum absolute atomic E-state index is 0.364. The van der Waals surface area contributed by atoms with Crippen molar-refractivity contribution < 1.29 is 25.2 Å². The summed E-state index contributed by atoms with van der Waals surface area (Å²) in [5.41, 5.74) is 0. The van der Waals surface area contributed by atoms with Gasteiger partial charge in [0.05, 0.1) is 18.8 Å². The Morgan fingerprint density at radius 2 is 1.11 bits per heavy atom. The zero-order valence-corrected chi connectivity index (χ0v) is 24.2. The molecule has 0 aromatic rings. The smallest absolute Gasteiger partial charge is 0.249 e.